The van der Waals surface area contributed by atoms with Crippen LogP contribution in [-0.2, 0) is 4.79 Å². The third-order valence-electron chi connectivity index (χ3n) is 3.28. The molecule has 10 heteroatoms. The maximum Gasteiger partial charge on any atom is 0.251 e. The molecule has 2 aromatic heterocycles. The van der Waals surface area contributed by atoms with Crippen molar-refractivity contribution in [3.8, 4) is 5.82 Å². The molecule has 2 amide bonds. The van der Waals surface area contributed by atoms with Gasteiger partial charge < -0.3 is 10.6 Å². The minimum atomic E-state index is -1.14. The summed E-state index contributed by atoms with van der Waals surface area (Å²) in [4.78, 5) is 31.6. The lowest BCUT2D eigenvalue weighted by Gasteiger charge is -2.08. The summed E-state index contributed by atoms with van der Waals surface area (Å²) in [5, 5.41) is 8.79. The number of carbonyl (C=O) groups is 2. The van der Waals surface area contributed by atoms with Crippen LogP contribution in [0.3, 0.4) is 0 Å². The first-order valence-electron chi connectivity index (χ1n) is 7.37. The minimum absolute atomic E-state index is 0.0875. The Bertz CT molecular complexity index is 928. The maximum atomic E-state index is 13.1. The van der Waals surface area contributed by atoms with Crippen LogP contribution in [0, 0.1) is 11.6 Å². The fourth-order valence-corrected chi connectivity index (χ4v) is 2.03. The molecule has 0 atom stereocenters. The molecule has 0 aliphatic rings. The maximum absolute atomic E-state index is 13.1. The number of carbonyl (C=O) groups excluding carboxylic acids is 2. The summed E-state index contributed by atoms with van der Waals surface area (Å²) in [5.74, 6) is -2.87. The van der Waals surface area contributed by atoms with E-state index in [1.54, 1.807) is 12.1 Å². The van der Waals surface area contributed by atoms with Crippen LogP contribution >= 0.6 is 0 Å². The average Bonchev–Trinajstić information content (AvgIpc) is 3.17. The minimum Gasteiger partial charge on any atom is -0.343 e. The van der Waals surface area contributed by atoms with Gasteiger partial charge in [0.15, 0.2) is 17.5 Å². The summed E-state index contributed by atoms with van der Waals surface area (Å²) in [6.45, 7) is -0.345. The number of hydrogen-bond donors (Lipinski definition) is 2. The number of anilines is 1. The van der Waals surface area contributed by atoms with Crippen LogP contribution in [0.1, 0.15) is 10.4 Å². The molecular weight excluding hydrogens is 346 g/mol. The van der Waals surface area contributed by atoms with Crippen LogP contribution < -0.4 is 10.6 Å². The highest BCUT2D eigenvalue weighted by atomic mass is 19.2. The second kappa shape index (κ2) is 7.47. The van der Waals surface area contributed by atoms with E-state index in [9.17, 15) is 18.4 Å². The molecule has 0 aliphatic carbocycles. The lowest BCUT2D eigenvalue weighted by atomic mass is 10.2. The van der Waals surface area contributed by atoms with E-state index in [2.05, 4.69) is 25.7 Å². The Balaban J connectivity index is 1.53. The number of nitrogens with zero attached hydrogens (tertiary/aromatic N) is 4. The zero-order valence-corrected chi connectivity index (χ0v) is 13.2. The van der Waals surface area contributed by atoms with Crippen molar-refractivity contribution in [2.45, 2.75) is 0 Å². The van der Waals surface area contributed by atoms with Crippen LogP contribution in [-0.4, -0.2) is 38.1 Å². The monoisotopic (exact) mass is 358 g/mol. The predicted molar refractivity (Wildman–Crippen MR) is 86.5 cm³/mol. The Hall–Kier alpha value is -3.69. The first-order valence-corrected chi connectivity index (χ1v) is 7.37. The quantitative estimate of drug-likeness (QED) is 0.716. The Kier molecular flexibility index (Phi) is 4.92. The number of benzene rings is 1. The highest BCUT2D eigenvalue weighted by Crippen LogP contribution is 2.09. The normalized spacial score (nSPS) is 10.4. The van der Waals surface area contributed by atoms with Gasteiger partial charge in [0, 0.05) is 5.56 Å². The first kappa shape index (κ1) is 17.1. The molecular formula is C16H12F2N6O2. The van der Waals surface area contributed by atoms with E-state index in [0.29, 0.717) is 11.5 Å². The number of aromatic nitrogens is 4. The molecule has 2 N–H and O–H groups in total. The molecule has 0 saturated heterocycles. The summed E-state index contributed by atoms with van der Waals surface area (Å²) in [6.07, 6.45) is 4.27. The van der Waals surface area contributed by atoms with E-state index in [-0.39, 0.29) is 12.1 Å². The lowest BCUT2D eigenvalue weighted by Crippen LogP contribution is -2.33. The van der Waals surface area contributed by atoms with Gasteiger partial charge in [-0.2, -0.15) is 5.10 Å². The van der Waals surface area contributed by atoms with Crippen LogP contribution in [0.25, 0.3) is 5.82 Å². The number of rotatable bonds is 5. The van der Waals surface area contributed by atoms with Crippen molar-refractivity contribution in [3.63, 3.8) is 0 Å². The van der Waals surface area contributed by atoms with E-state index in [1.165, 1.54) is 23.5 Å². The molecule has 0 aliphatic heterocycles. The molecule has 3 rings (SSSR count). The second-order valence-corrected chi connectivity index (χ2v) is 5.10. The fraction of sp³-hybridized carbons (Fsp3) is 0.0625. The summed E-state index contributed by atoms with van der Waals surface area (Å²) >= 11 is 0. The topological polar surface area (TPSA) is 102 Å². The molecule has 0 bridgehead atoms. The van der Waals surface area contributed by atoms with Crippen molar-refractivity contribution in [2.24, 2.45) is 0 Å². The van der Waals surface area contributed by atoms with Crippen molar-refractivity contribution in [1.82, 2.24) is 25.1 Å². The molecule has 0 saturated carbocycles. The third-order valence-corrected chi connectivity index (χ3v) is 3.28. The van der Waals surface area contributed by atoms with Crippen molar-refractivity contribution >= 4 is 17.5 Å². The van der Waals surface area contributed by atoms with Gasteiger partial charge in [-0.1, -0.05) is 0 Å². The fourth-order valence-electron chi connectivity index (χ4n) is 2.03. The smallest absolute Gasteiger partial charge is 0.251 e. The zero-order chi connectivity index (χ0) is 18.5. The highest BCUT2D eigenvalue weighted by molar-refractivity contribution is 5.99. The zero-order valence-electron chi connectivity index (χ0n) is 13.2. The Morgan fingerprint density at radius 1 is 1.12 bits per heavy atom. The molecule has 0 unspecified atom stereocenters. The SMILES string of the molecule is O=C(CNC(=O)c1ccc(F)c(F)c1)Nc1ccc(-n2cncn2)nc1. The summed E-state index contributed by atoms with van der Waals surface area (Å²) in [6, 6.07) is 5.96. The van der Waals surface area contributed by atoms with Gasteiger partial charge in [0.05, 0.1) is 18.4 Å². The van der Waals surface area contributed by atoms with Crippen molar-refractivity contribution < 1.29 is 18.4 Å². The predicted octanol–water partition coefficient (Wildman–Crippen LogP) is 1.31. The number of nitrogens with one attached hydrogen (secondary N) is 2. The van der Waals surface area contributed by atoms with Gasteiger partial charge in [0.2, 0.25) is 5.91 Å². The van der Waals surface area contributed by atoms with Crippen LogP contribution in [0.4, 0.5) is 14.5 Å². The van der Waals surface area contributed by atoms with E-state index in [0.717, 1.165) is 18.2 Å². The third kappa shape index (κ3) is 4.04. The number of pyridine rings is 1. The first-order chi connectivity index (χ1) is 12.5. The van der Waals surface area contributed by atoms with Crippen molar-refractivity contribution in [1.29, 1.82) is 0 Å². The molecule has 26 heavy (non-hydrogen) atoms. The van der Waals surface area contributed by atoms with Gasteiger partial charge in [0.1, 0.15) is 12.7 Å². The van der Waals surface area contributed by atoms with Gasteiger partial charge in [-0.25, -0.2) is 23.4 Å². The molecule has 0 spiro atoms. The number of halogens is 2. The standard InChI is InChI=1S/C16H12F2N6O2/c17-12-3-1-10(5-13(12)18)16(26)21-7-15(25)23-11-2-4-14(20-6-11)24-9-19-8-22-24/h1-6,8-9H,7H2,(H,21,26)(H,23,25). The lowest BCUT2D eigenvalue weighted by molar-refractivity contribution is -0.115. The van der Waals surface area contributed by atoms with Crippen LogP contribution in [0.2, 0.25) is 0 Å². The molecule has 1 aromatic carbocycles. The Morgan fingerprint density at radius 2 is 1.96 bits per heavy atom. The second-order valence-electron chi connectivity index (χ2n) is 5.10. The van der Waals surface area contributed by atoms with Gasteiger partial charge in [-0.05, 0) is 30.3 Å². The van der Waals surface area contributed by atoms with Gasteiger partial charge in [-0.3, -0.25) is 9.59 Å². The number of amides is 2. The van der Waals surface area contributed by atoms with Gasteiger partial charge in [0.25, 0.3) is 5.91 Å². The molecule has 3 aromatic rings. The molecule has 0 fully saturated rings. The average molecular weight is 358 g/mol. The van der Waals surface area contributed by atoms with E-state index < -0.39 is 23.4 Å². The van der Waals surface area contributed by atoms with Gasteiger partial charge >= 0.3 is 0 Å². The molecule has 0 radical (unpaired) electrons. The van der Waals surface area contributed by atoms with Crippen LogP contribution in [0.5, 0.6) is 0 Å². The summed E-state index contributed by atoms with van der Waals surface area (Å²) in [7, 11) is 0. The molecule has 2 heterocycles. The molecule has 8 nitrogen and oxygen atoms in total. The Labute approximate surface area is 145 Å². The van der Waals surface area contributed by atoms with Crippen molar-refractivity contribution in [3.05, 3.63) is 66.4 Å². The largest absolute Gasteiger partial charge is 0.343 e. The van der Waals surface area contributed by atoms with Crippen molar-refractivity contribution in [2.75, 3.05) is 11.9 Å². The summed E-state index contributed by atoms with van der Waals surface area (Å²) in [5.41, 5.74) is 0.330. The van der Waals surface area contributed by atoms with E-state index in [1.807, 2.05) is 0 Å². The Morgan fingerprint density at radius 3 is 2.62 bits per heavy atom. The van der Waals surface area contributed by atoms with Gasteiger partial charge in [-0.15, -0.1) is 0 Å². The highest BCUT2D eigenvalue weighted by Gasteiger charge is 2.11. The van der Waals surface area contributed by atoms with E-state index >= 15 is 0 Å². The summed E-state index contributed by atoms with van der Waals surface area (Å²) < 4.78 is 27.4. The van der Waals surface area contributed by atoms with Crippen LogP contribution in [0.15, 0.2) is 49.2 Å². The number of hydrogen-bond acceptors (Lipinski definition) is 5. The molecule has 132 valence electrons. The van der Waals surface area contributed by atoms with E-state index in [4.69, 9.17) is 0 Å².